The van der Waals surface area contributed by atoms with Crippen molar-refractivity contribution in [1.29, 1.82) is 0 Å². The number of rotatable bonds is 5. The molecule has 0 spiro atoms. The zero-order valence-electron chi connectivity index (χ0n) is 11.9. The van der Waals surface area contributed by atoms with Gasteiger partial charge >= 0.3 is 0 Å². The minimum Gasteiger partial charge on any atom is -0.483 e. The van der Waals surface area contributed by atoms with Gasteiger partial charge in [0.2, 0.25) is 6.41 Å². The highest BCUT2D eigenvalue weighted by Crippen LogP contribution is 2.27. The zero-order valence-corrected chi connectivity index (χ0v) is 11.9. The molecule has 20 heavy (non-hydrogen) atoms. The molecule has 5 heteroatoms. The Morgan fingerprint density at radius 3 is 2.45 bits per heavy atom. The van der Waals surface area contributed by atoms with Gasteiger partial charge in [-0.1, -0.05) is 0 Å². The van der Waals surface area contributed by atoms with E-state index < -0.39 is 0 Å². The van der Waals surface area contributed by atoms with Gasteiger partial charge in [0.1, 0.15) is 5.75 Å². The summed E-state index contributed by atoms with van der Waals surface area (Å²) < 4.78 is 5.67. The number of anilines is 1. The van der Waals surface area contributed by atoms with E-state index in [0.29, 0.717) is 12.2 Å². The number of carbonyl (C=O) groups is 2. The van der Waals surface area contributed by atoms with E-state index in [0.717, 1.165) is 42.7 Å². The van der Waals surface area contributed by atoms with Crippen molar-refractivity contribution in [2.45, 2.75) is 26.7 Å². The van der Waals surface area contributed by atoms with Crippen LogP contribution in [0.5, 0.6) is 5.75 Å². The third-order valence-corrected chi connectivity index (χ3v) is 3.48. The normalized spacial score (nSPS) is 14.2. The molecule has 1 aliphatic heterocycles. The Bertz CT molecular complexity index is 485. The van der Waals surface area contributed by atoms with Gasteiger partial charge in [-0.15, -0.1) is 0 Å². The Kier molecular flexibility index (Phi) is 4.61. The van der Waals surface area contributed by atoms with Crippen molar-refractivity contribution in [1.82, 2.24) is 4.90 Å². The SMILES string of the molecule is Cc1cc(NC=O)cc(C)c1OCC(=O)N1CCCC1. The van der Waals surface area contributed by atoms with Gasteiger partial charge in [-0.2, -0.15) is 0 Å². The Morgan fingerprint density at radius 2 is 1.90 bits per heavy atom. The second-order valence-corrected chi connectivity index (χ2v) is 5.08. The van der Waals surface area contributed by atoms with Crippen molar-refractivity contribution in [3.05, 3.63) is 23.3 Å². The van der Waals surface area contributed by atoms with Crippen LogP contribution in [-0.2, 0) is 9.59 Å². The van der Waals surface area contributed by atoms with Gasteiger partial charge in [-0.05, 0) is 49.9 Å². The van der Waals surface area contributed by atoms with Crippen LogP contribution in [0.4, 0.5) is 5.69 Å². The van der Waals surface area contributed by atoms with Crippen LogP contribution in [0.3, 0.4) is 0 Å². The molecule has 2 rings (SSSR count). The molecule has 1 fully saturated rings. The van der Waals surface area contributed by atoms with Gasteiger partial charge < -0.3 is 15.0 Å². The average Bonchev–Trinajstić information content (AvgIpc) is 2.91. The lowest BCUT2D eigenvalue weighted by molar-refractivity contribution is -0.132. The zero-order chi connectivity index (χ0) is 14.5. The molecule has 0 bridgehead atoms. The summed E-state index contributed by atoms with van der Waals surface area (Å²) in [6.45, 7) is 5.55. The predicted molar refractivity (Wildman–Crippen MR) is 76.9 cm³/mol. The number of likely N-dealkylation sites (tertiary alicyclic amines) is 1. The number of ether oxygens (including phenoxy) is 1. The van der Waals surface area contributed by atoms with Crippen LogP contribution >= 0.6 is 0 Å². The predicted octanol–water partition coefficient (Wildman–Crippen LogP) is 1.87. The molecule has 108 valence electrons. The van der Waals surface area contributed by atoms with Crippen molar-refractivity contribution < 1.29 is 14.3 Å². The molecule has 1 N–H and O–H groups in total. The van der Waals surface area contributed by atoms with Gasteiger partial charge in [0.25, 0.3) is 5.91 Å². The van der Waals surface area contributed by atoms with Crippen molar-refractivity contribution in [2.75, 3.05) is 25.0 Å². The van der Waals surface area contributed by atoms with E-state index in [1.165, 1.54) is 0 Å². The lowest BCUT2D eigenvalue weighted by Gasteiger charge is -2.17. The maximum atomic E-state index is 12.0. The number of hydrogen-bond donors (Lipinski definition) is 1. The summed E-state index contributed by atoms with van der Waals surface area (Å²) in [5, 5.41) is 2.61. The van der Waals surface area contributed by atoms with E-state index in [1.807, 2.05) is 30.9 Å². The van der Waals surface area contributed by atoms with Crippen LogP contribution in [0.2, 0.25) is 0 Å². The molecule has 1 aromatic carbocycles. The Balaban J connectivity index is 2.01. The second-order valence-electron chi connectivity index (χ2n) is 5.08. The average molecular weight is 276 g/mol. The molecule has 1 aromatic rings. The lowest BCUT2D eigenvalue weighted by Crippen LogP contribution is -2.32. The van der Waals surface area contributed by atoms with Gasteiger partial charge in [-0.3, -0.25) is 9.59 Å². The molecule has 1 heterocycles. The minimum atomic E-state index is 0.0383. The van der Waals surface area contributed by atoms with Crippen LogP contribution in [0.1, 0.15) is 24.0 Å². The standard InChI is InChI=1S/C15H20N2O3/c1-11-7-13(16-10-18)8-12(2)15(11)20-9-14(19)17-5-3-4-6-17/h7-8,10H,3-6,9H2,1-2H3,(H,16,18). The number of benzene rings is 1. The number of nitrogens with one attached hydrogen (secondary N) is 1. The van der Waals surface area contributed by atoms with Gasteiger partial charge in [0.15, 0.2) is 6.61 Å². The summed E-state index contributed by atoms with van der Waals surface area (Å²) in [6, 6.07) is 3.66. The summed E-state index contributed by atoms with van der Waals surface area (Å²) in [4.78, 5) is 24.2. The quantitative estimate of drug-likeness (QED) is 0.835. The molecule has 0 saturated carbocycles. The first-order valence-corrected chi connectivity index (χ1v) is 6.84. The van der Waals surface area contributed by atoms with Crippen LogP contribution in [0, 0.1) is 13.8 Å². The summed E-state index contributed by atoms with van der Waals surface area (Å²) >= 11 is 0. The fraction of sp³-hybridized carbons (Fsp3) is 0.467. The third kappa shape index (κ3) is 3.29. The smallest absolute Gasteiger partial charge is 0.260 e. The largest absolute Gasteiger partial charge is 0.483 e. The van der Waals surface area contributed by atoms with Gasteiger partial charge in [0, 0.05) is 18.8 Å². The fourth-order valence-electron chi connectivity index (χ4n) is 2.52. The number of nitrogens with zero attached hydrogens (tertiary/aromatic N) is 1. The van der Waals surface area contributed by atoms with Crippen molar-refractivity contribution in [2.24, 2.45) is 0 Å². The molecular formula is C15H20N2O3. The molecule has 0 aliphatic carbocycles. The maximum Gasteiger partial charge on any atom is 0.260 e. The highest BCUT2D eigenvalue weighted by molar-refractivity contribution is 5.78. The highest BCUT2D eigenvalue weighted by Gasteiger charge is 2.18. The summed E-state index contributed by atoms with van der Waals surface area (Å²) in [7, 11) is 0. The summed E-state index contributed by atoms with van der Waals surface area (Å²) in [5.41, 5.74) is 2.54. The Hall–Kier alpha value is -2.04. The van der Waals surface area contributed by atoms with Crippen LogP contribution in [0.25, 0.3) is 0 Å². The van der Waals surface area contributed by atoms with Gasteiger partial charge in [-0.25, -0.2) is 0 Å². The summed E-state index contributed by atoms with van der Waals surface area (Å²) in [6.07, 6.45) is 2.80. The third-order valence-electron chi connectivity index (χ3n) is 3.48. The molecule has 2 amide bonds. The fourth-order valence-corrected chi connectivity index (χ4v) is 2.52. The van der Waals surface area contributed by atoms with E-state index in [2.05, 4.69) is 5.32 Å². The number of aryl methyl sites for hydroxylation is 2. The van der Waals surface area contributed by atoms with Crippen LogP contribution < -0.4 is 10.1 Å². The van der Waals surface area contributed by atoms with E-state index in [-0.39, 0.29) is 12.5 Å². The van der Waals surface area contributed by atoms with Crippen molar-refractivity contribution in [3.8, 4) is 5.75 Å². The first-order chi connectivity index (χ1) is 9.61. The molecule has 1 aliphatic rings. The Labute approximate surface area is 118 Å². The summed E-state index contributed by atoms with van der Waals surface area (Å²) in [5.74, 6) is 0.755. The monoisotopic (exact) mass is 276 g/mol. The first kappa shape index (κ1) is 14.4. The molecule has 0 atom stereocenters. The first-order valence-electron chi connectivity index (χ1n) is 6.84. The molecule has 5 nitrogen and oxygen atoms in total. The van der Waals surface area contributed by atoms with Crippen molar-refractivity contribution >= 4 is 18.0 Å². The second kappa shape index (κ2) is 6.41. The van der Waals surface area contributed by atoms with E-state index in [9.17, 15) is 9.59 Å². The molecule has 0 aromatic heterocycles. The number of carbonyl (C=O) groups excluding carboxylic acids is 2. The Morgan fingerprint density at radius 1 is 1.30 bits per heavy atom. The van der Waals surface area contributed by atoms with Gasteiger partial charge in [0.05, 0.1) is 0 Å². The van der Waals surface area contributed by atoms with Crippen LogP contribution in [0.15, 0.2) is 12.1 Å². The van der Waals surface area contributed by atoms with E-state index in [1.54, 1.807) is 0 Å². The van der Waals surface area contributed by atoms with E-state index >= 15 is 0 Å². The highest BCUT2D eigenvalue weighted by atomic mass is 16.5. The molecule has 1 saturated heterocycles. The molecule has 0 unspecified atom stereocenters. The van der Waals surface area contributed by atoms with E-state index in [4.69, 9.17) is 4.74 Å². The minimum absolute atomic E-state index is 0.0383. The number of amides is 2. The molecule has 0 radical (unpaired) electrons. The lowest BCUT2D eigenvalue weighted by atomic mass is 10.1. The molecular weight excluding hydrogens is 256 g/mol. The van der Waals surface area contributed by atoms with Crippen LogP contribution in [-0.4, -0.2) is 36.9 Å². The van der Waals surface area contributed by atoms with Crippen molar-refractivity contribution in [3.63, 3.8) is 0 Å². The maximum absolute atomic E-state index is 12.0. The topological polar surface area (TPSA) is 58.6 Å². The number of hydrogen-bond acceptors (Lipinski definition) is 3.